The Morgan fingerprint density at radius 3 is 2.17 bits per heavy atom. The van der Waals surface area contributed by atoms with Gasteiger partial charge in [-0.15, -0.1) is 0 Å². The molecule has 0 amide bonds. The van der Waals surface area contributed by atoms with Gasteiger partial charge in [-0.1, -0.05) is 24.3 Å². The Kier molecular flexibility index (Phi) is 4.06. The van der Waals surface area contributed by atoms with E-state index in [-0.39, 0.29) is 5.78 Å². The first-order valence-corrected chi connectivity index (χ1v) is 8.19. The maximum atomic E-state index is 12.6. The molecule has 0 fully saturated rings. The number of aryl methyl sites for hydroxylation is 3. The predicted molar refractivity (Wildman–Crippen MR) is 98.7 cm³/mol. The predicted octanol–water partition coefficient (Wildman–Crippen LogP) is 3.75. The van der Waals surface area contributed by atoms with E-state index in [1.165, 1.54) is 16.7 Å². The van der Waals surface area contributed by atoms with Crippen molar-refractivity contribution >= 4 is 22.6 Å². The summed E-state index contributed by atoms with van der Waals surface area (Å²) in [6, 6.07) is 9.85. The van der Waals surface area contributed by atoms with Crippen molar-refractivity contribution in [2.45, 2.75) is 40.2 Å². The third kappa shape index (κ3) is 2.65. The van der Waals surface area contributed by atoms with Gasteiger partial charge in [-0.3, -0.25) is 4.79 Å². The highest BCUT2D eigenvalue weighted by Gasteiger charge is 2.33. The Balaban J connectivity index is 2.23. The maximum absolute atomic E-state index is 12.6. The fourth-order valence-corrected chi connectivity index (χ4v) is 3.29. The Bertz CT molecular complexity index is 854. The molecule has 2 aromatic rings. The van der Waals surface area contributed by atoms with Crippen molar-refractivity contribution in [3.8, 4) is 0 Å². The lowest BCUT2D eigenvalue weighted by atomic mass is 9.92. The van der Waals surface area contributed by atoms with Crippen LogP contribution in [0.1, 0.15) is 39.8 Å². The number of rotatable bonds is 2. The van der Waals surface area contributed by atoms with Crippen molar-refractivity contribution in [3.05, 3.63) is 63.7 Å². The molecular weight excluding hydrogens is 298 g/mol. The number of aliphatic hydroxyl groups excluding tert-OH is 1. The minimum atomic E-state index is -0.973. The van der Waals surface area contributed by atoms with Gasteiger partial charge in [0.1, 0.15) is 6.10 Å². The minimum absolute atomic E-state index is 0.218. The largest absolute Gasteiger partial charge is 0.398 e. The Hall–Kier alpha value is -2.39. The maximum Gasteiger partial charge on any atom is 0.192 e. The highest BCUT2D eigenvalue weighted by atomic mass is 16.3. The fraction of sp³-hybridized carbons (Fsp3) is 0.286. The van der Waals surface area contributed by atoms with E-state index in [4.69, 9.17) is 5.73 Å². The van der Waals surface area contributed by atoms with Gasteiger partial charge >= 0.3 is 0 Å². The van der Waals surface area contributed by atoms with Crippen LogP contribution in [-0.2, 0) is 4.79 Å². The van der Waals surface area contributed by atoms with Crippen molar-refractivity contribution in [2.75, 3.05) is 5.73 Å². The molecule has 0 saturated heterocycles. The molecule has 24 heavy (non-hydrogen) atoms. The van der Waals surface area contributed by atoms with Gasteiger partial charge in [-0.25, -0.2) is 0 Å². The molecule has 3 N–H and O–H groups in total. The van der Waals surface area contributed by atoms with E-state index >= 15 is 0 Å². The monoisotopic (exact) mass is 321 g/mol. The standard InChI is InChI=1S/C21H23NO2/c1-11-5-6-15(9-18(11)22)20-17(10-19(23)21(20)24)16-7-12(2)14(4)13(3)8-16/h5-9,19,23H,10,22H2,1-4H3. The van der Waals surface area contributed by atoms with E-state index in [0.29, 0.717) is 17.7 Å². The summed E-state index contributed by atoms with van der Waals surface area (Å²) in [6.07, 6.45) is -0.622. The number of nitrogens with two attached hydrogens (primary N) is 1. The molecule has 0 aliphatic heterocycles. The Morgan fingerprint density at radius 1 is 0.958 bits per heavy atom. The summed E-state index contributed by atoms with van der Waals surface area (Å²) in [6.45, 7) is 8.18. The summed E-state index contributed by atoms with van der Waals surface area (Å²) in [4.78, 5) is 12.6. The molecule has 0 radical (unpaired) electrons. The molecule has 124 valence electrons. The second kappa shape index (κ2) is 5.91. The van der Waals surface area contributed by atoms with Crippen molar-refractivity contribution < 1.29 is 9.90 Å². The summed E-state index contributed by atoms with van der Waals surface area (Å²) >= 11 is 0. The van der Waals surface area contributed by atoms with Crippen LogP contribution >= 0.6 is 0 Å². The summed E-state index contributed by atoms with van der Waals surface area (Å²) in [5.74, 6) is -0.218. The molecule has 0 saturated carbocycles. The van der Waals surface area contributed by atoms with Crippen LogP contribution in [0.5, 0.6) is 0 Å². The molecule has 1 aliphatic carbocycles. The number of nitrogen functional groups attached to an aromatic ring is 1. The number of Topliss-reactive ketones (excluding diaryl/α,β-unsaturated/α-hetero) is 1. The molecule has 0 heterocycles. The third-order valence-corrected chi connectivity index (χ3v) is 5.09. The van der Waals surface area contributed by atoms with Crippen LogP contribution in [0.4, 0.5) is 5.69 Å². The molecule has 2 aromatic carbocycles. The van der Waals surface area contributed by atoms with Gasteiger partial charge < -0.3 is 10.8 Å². The molecule has 1 atom stereocenters. The molecule has 1 aliphatic rings. The number of ketones is 1. The molecular formula is C21H23NO2. The average molecular weight is 321 g/mol. The molecule has 0 aromatic heterocycles. The zero-order valence-corrected chi connectivity index (χ0v) is 14.6. The average Bonchev–Trinajstić information content (AvgIpc) is 2.83. The van der Waals surface area contributed by atoms with Crippen LogP contribution in [0.3, 0.4) is 0 Å². The van der Waals surface area contributed by atoms with E-state index in [0.717, 1.165) is 22.3 Å². The van der Waals surface area contributed by atoms with Gasteiger partial charge in [0, 0.05) is 17.7 Å². The van der Waals surface area contributed by atoms with Crippen LogP contribution in [0.15, 0.2) is 30.3 Å². The van der Waals surface area contributed by atoms with Crippen LogP contribution in [0, 0.1) is 27.7 Å². The number of benzene rings is 2. The van der Waals surface area contributed by atoms with Gasteiger partial charge in [-0.2, -0.15) is 0 Å². The quantitative estimate of drug-likeness (QED) is 0.828. The van der Waals surface area contributed by atoms with Crippen molar-refractivity contribution in [1.29, 1.82) is 0 Å². The zero-order valence-electron chi connectivity index (χ0n) is 14.6. The molecule has 3 rings (SSSR count). The molecule has 0 bridgehead atoms. The Labute approximate surface area is 142 Å². The number of hydrogen-bond donors (Lipinski definition) is 2. The lowest BCUT2D eigenvalue weighted by molar-refractivity contribution is -0.120. The van der Waals surface area contributed by atoms with Gasteiger partial charge in [-0.05, 0) is 72.7 Å². The van der Waals surface area contributed by atoms with Crippen LogP contribution in [0.25, 0.3) is 11.1 Å². The van der Waals surface area contributed by atoms with E-state index in [9.17, 15) is 9.90 Å². The van der Waals surface area contributed by atoms with Gasteiger partial charge in [0.05, 0.1) is 0 Å². The van der Waals surface area contributed by atoms with E-state index in [1.54, 1.807) is 0 Å². The van der Waals surface area contributed by atoms with Crippen molar-refractivity contribution in [3.63, 3.8) is 0 Å². The van der Waals surface area contributed by atoms with Crippen LogP contribution in [-0.4, -0.2) is 17.0 Å². The first-order chi connectivity index (χ1) is 11.3. The van der Waals surface area contributed by atoms with Crippen molar-refractivity contribution in [1.82, 2.24) is 0 Å². The van der Waals surface area contributed by atoms with E-state index < -0.39 is 6.10 Å². The Morgan fingerprint density at radius 2 is 1.58 bits per heavy atom. The van der Waals surface area contributed by atoms with Gasteiger partial charge in [0.25, 0.3) is 0 Å². The second-order valence-electron chi connectivity index (χ2n) is 6.74. The summed E-state index contributed by atoms with van der Waals surface area (Å²) < 4.78 is 0. The topological polar surface area (TPSA) is 63.3 Å². The van der Waals surface area contributed by atoms with E-state index in [2.05, 4.69) is 32.9 Å². The number of carbonyl (C=O) groups excluding carboxylic acids is 1. The molecule has 3 heteroatoms. The lowest BCUT2D eigenvalue weighted by Gasteiger charge is -2.12. The molecule has 3 nitrogen and oxygen atoms in total. The molecule has 1 unspecified atom stereocenters. The number of aliphatic hydroxyl groups is 1. The summed E-state index contributed by atoms with van der Waals surface area (Å²) in [7, 11) is 0. The SMILES string of the molecule is Cc1ccc(C2=C(c3cc(C)c(C)c(C)c3)CC(O)C2=O)cc1N. The number of hydrogen-bond acceptors (Lipinski definition) is 3. The highest BCUT2D eigenvalue weighted by Crippen LogP contribution is 2.39. The van der Waals surface area contributed by atoms with Gasteiger partial charge in [0.15, 0.2) is 5.78 Å². The third-order valence-electron chi connectivity index (χ3n) is 5.09. The summed E-state index contributed by atoms with van der Waals surface area (Å²) in [5, 5.41) is 10.2. The first-order valence-electron chi connectivity index (χ1n) is 8.19. The van der Waals surface area contributed by atoms with Crippen molar-refractivity contribution in [2.24, 2.45) is 0 Å². The minimum Gasteiger partial charge on any atom is -0.398 e. The normalized spacial score (nSPS) is 17.7. The highest BCUT2D eigenvalue weighted by molar-refractivity contribution is 6.33. The lowest BCUT2D eigenvalue weighted by Crippen LogP contribution is -2.14. The number of anilines is 1. The molecule has 0 spiro atoms. The van der Waals surface area contributed by atoms with E-state index in [1.807, 2.05) is 25.1 Å². The second-order valence-corrected chi connectivity index (χ2v) is 6.74. The summed E-state index contributed by atoms with van der Waals surface area (Å²) in [5.41, 5.74) is 14.6. The zero-order chi connectivity index (χ0) is 17.6. The smallest absolute Gasteiger partial charge is 0.192 e. The first kappa shape index (κ1) is 16.5. The van der Waals surface area contributed by atoms with Gasteiger partial charge in [0.2, 0.25) is 0 Å². The van der Waals surface area contributed by atoms with Crippen LogP contribution in [0.2, 0.25) is 0 Å². The van der Waals surface area contributed by atoms with Crippen LogP contribution < -0.4 is 5.73 Å². The number of carbonyl (C=O) groups is 1. The fourth-order valence-electron chi connectivity index (χ4n) is 3.29.